The molecule has 2 aromatic rings. The van der Waals surface area contributed by atoms with Gasteiger partial charge in [-0.2, -0.15) is 0 Å². The second kappa shape index (κ2) is 7.55. The molecule has 0 atom stereocenters. The number of rotatable bonds is 5. The molecule has 4 nitrogen and oxygen atoms in total. The third-order valence-corrected chi connectivity index (χ3v) is 5.09. The highest BCUT2D eigenvalue weighted by molar-refractivity contribution is 7.97. The Bertz CT molecular complexity index is 766. The molecule has 1 aromatic carbocycles. The predicted molar refractivity (Wildman–Crippen MR) is 101 cm³/mol. The highest BCUT2D eigenvalue weighted by Crippen LogP contribution is 2.37. The van der Waals surface area contributed by atoms with Crippen LogP contribution in [0.1, 0.15) is 24.5 Å². The number of carbonyl (C=O) groups excluding carboxylic acids is 1. The molecule has 0 unspecified atom stereocenters. The van der Waals surface area contributed by atoms with Crippen molar-refractivity contribution in [2.24, 2.45) is 0 Å². The molecule has 1 aliphatic heterocycles. The fourth-order valence-electron chi connectivity index (χ4n) is 2.85. The lowest BCUT2D eigenvalue weighted by molar-refractivity contribution is -0.118. The van der Waals surface area contributed by atoms with Crippen LogP contribution in [0.2, 0.25) is 5.02 Å². The molecule has 1 N–H and O–H groups in total. The molecule has 2 heterocycles. The maximum Gasteiger partial charge on any atom is 0.227 e. The first-order chi connectivity index (χ1) is 11.6. The normalized spacial score (nSPS) is 14.0. The number of aryl methyl sites for hydroxylation is 1. The SMILES string of the molecule is CCSNCc1cncc(-c2cc3c(cc2Cl)N(C)C(=O)CC3)c1. The minimum absolute atomic E-state index is 0.134. The van der Waals surface area contributed by atoms with Gasteiger partial charge in [-0.3, -0.25) is 14.5 Å². The highest BCUT2D eigenvalue weighted by atomic mass is 35.5. The van der Waals surface area contributed by atoms with Gasteiger partial charge in [-0.15, -0.1) is 0 Å². The average Bonchev–Trinajstić information content (AvgIpc) is 2.59. The number of fused-ring (bicyclic) bond motifs is 1. The summed E-state index contributed by atoms with van der Waals surface area (Å²) in [6.07, 6.45) is 5.00. The summed E-state index contributed by atoms with van der Waals surface area (Å²) in [6, 6.07) is 6.10. The summed E-state index contributed by atoms with van der Waals surface area (Å²) in [6.45, 7) is 2.88. The Morgan fingerprint density at radius 2 is 2.12 bits per heavy atom. The van der Waals surface area contributed by atoms with Crippen LogP contribution in [-0.4, -0.2) is 23.7 Å². The van der Waals surface area contributed by atoms with Crippen molar-refractivity contribution in [3.8, 4) is 11.1 Å². The third kappa shape index (κ3) is 3.58. The molecule has 0 spiro atoms. The predicted octanol–water partition coefficient (Wildman–Crippen LogP) is 4.07. The Morgan fingerprint density at radius 3 is 2.92 bits per heavy atom. The summed E-state index contributed by atoms with van der Waals surface area (Å²) < 4.78 is 3.30. The number of hydrogen-bond acceptors (Lipinski definition) is 4. The fraction of sp³-hybridized carbons (Fsp3) is 0.333. The topological polar surface area (TPSA) is 45.2 Å². The van der Waals surface area contributed by atoms with Crippen molar-refractivity contribution in [2.45, 2.75) is 26.3 Å². The Kier molecular flexibility index (Phi) is 5.43. The molecule has 24 heavy (non-hydrogen) atoms. The minimum Gasteiger partial charge on any atom is -0.315 e. The highest BCUT2D eigenvalue weighted by Gasteiger charge is 2.22. The molecule has 6 heteroatoms. The number of hydrogen-bond donors (Lipinski definition) is 1. The van der Waals surface area contributed by atoms with Gasteiger partial charge >= 0.3 is 0 Å². The summed E-state index contributed by atoms with van der Waals surface area (Å²) in [4.78, 5) is 17.9. The van der Waals surface area contributed by atoms with E-state index in [4.69, 9.17) is 11.6 Å². The molecule has 0 saturated heterocycles. The van der Waals surface area contributed by atoms with E-state index in [1.54, 1.807) is 23.9 Å². The summed E-state index contributed by atoms with van der Waals surface area (Å²) in [5.41, 5.74) is 5.15. The third-order valence-electron chi connectivity index (χ3n) is 4.14. The molecule has 1 aliphatic rings. The maximum atomic E-state index is 11.9. The minimum atomic E-state index is 0.134. The van der Waals surface area contributed by atoms with Crippen LogP contribution in [-0.2, 0) is 17.8 Å². The van der Waals surface area contributed by atoms with Crippen molar-refractivity contribution < 1.29 is 4.79 Å². The van der Waals surface area contributed by atoms with Crippen LogP contribution in [0.15, 0.2) is 30.6 Å². The van der Waals surface area contributed by atoms with Crippen LogP contribution in [0.3, 0.4) is 0 Å². The van der Waals surface area contributed by atoms with Gasteiger partial charge in [-0.05, 0) is 35.7 Å². The van der Waals surface area contributed by atoms with Crippen molar-refractivity contribution in [1.82, 2.24) is 9.71 Å². The summed E-state index contributed by atoms with van der Waals surface area (Å²) in [5.74, 6) is 1.16. The molecule has 1 aromatic heterocycles. The van der Waals surface area contributed by atoms with Crippen LogP contribution in [0, 0.1) is 0 Å². The van der Waals surface area contributed by atoms with Crippen molar-refractivity contribution in [3.63, 3.8) is 0 Å². The number of pyridine rings is 1. The summed E-state index contributed by atoms with van der Waals surface area (Å²) in [5, 5.41) is 0.644. The Balaban J connectivity index is 1.93. The van der Waals surface area contributed by atoms with E-state index in [1.165, 1.54) is 0 Å². The molecule has 0 aliphatic carbocycles. The number of benzene rings is 1. The molecule has 0 bridgehead atoms. The lowest BCUT2D eigenvalue weighted by atomic mass is 9.96. The second-order valence-corrected chi connectivity index (χ2v) is 7.31. The molecule has 126 valence electrons. The van der Waals surface area contributed by atoms with Crippen molar-refractivity contribution in [3.05, 3.63) is 46.7 Å². The molecular formula is C18H20ClN3OS. The van der Waals surface area contributed by atoms with Gasteiger partial charge in [0.25, 0.3) is 0 Å². The Labute approximate surface area is 151 Å². The zero-order valence-corrected chi connectivity index (χ0v) is 15.4. The van der Waals surface area contributed by atoms with Gasteiger partial charge in [-0.25, -0.2) is 0 Å². The number of aromatic nitrogens is 1. The van der Waals surface area contributed by atoms with Gasteiger partial charge in [0.15, 0.2) is 0 Å². The van der Waals surface area contributed by atoms with Crippen molar-refractivity contribution >= 4 is 35.1 Å². The van der Waals surface area contributed by atoms with E-state index in [1.807, 2.05) is 18.5 Å². The number of anilines is 1. The summed E-state index contributed by atoms with van der Waals surface area (Å²) in [7, 11) is 1.80. The van der Waals surface area contributed by atoms with Crippen LogP contribution in [0.5, 0.6) is 0 Å². The molecule has 1 amide bonds. The Hall–Kier alpha value is -1.56. The molecule has 3 rings (SSSR count). The van der Waals surface area contributed by atoms with Crippen LogP contribution >= 0.6 is 23.5 Å². The van der Waals surface area contributed by atoms with E-state index < -0.39 is 0 Å². The van der Waals surface area contributed by atoms with E-state index >= 15 is 0 Å². The quantitative estimate of drug-likeness (QED) is 0.644. The number of nitrogens with one attached hydrogen (secondary N) is 1. The van der Waals surface area contributed by atoms with Gasteiger partial charge in [0, 0.05) is 55.0 Å². The lowest BCUT2D eigenvalue weighted by Gasteiger charge is -2.26. The number of amides is 1. The van der Waals surface area contributed by atoms with E-state index in [2.05, 4.69) is 28.8 Å². The zero-order chi connectivity index (χ0) is 17.1. The number of nitrogens with zero attached hydrogens (tertiary/aromatic N) is 2. The first-order valence-electron chi connectivity index (χ1n) is 7.98. The monoisotopic (exact) mass is 361 g/mol. The zero-order valence-electron chi connectivity index (χ0n) is 13.8. The Morgan fingerprint density at radius 1 is 1.29 bits per heavy atom. The van der Waals surface area contributed by atoms with Crippen molar-refractivity contribution in [1.29, 1.82) is 0 Å². The standard InChI is InChI=1S/C18H20ClN3OS/c1-3-24-21-10-12-6-14(11-20-9-12)15-7-13-4-5-18(23)22(2)17(13)8-16(15)19/h6-9,11,21H,3-5,10H2,1-2H3. The van der Waals surface area contributed by atoms with Gasteiger partial charge < -0.3 is 4.90 Å². The first-order valence-corrected chi connectivity index (χ1v) is 9.34. The van der Waals surface area contributed by atoms with Gasteiger partial charge in [0.05, 0.1) is 5.02 Å². The molecule has 0 saturated carbocycles. The van der Waals surface area contributed by atoms with Crippen LogP contribution in [0.25, 0.3) is 11.1 Å². The summed E-state index contributed by atoms with van der Waals surface area (Å²) >= 11 is 8.19. The van der Waals surface area contributed by atoms with Gasteiger partial charge in [-0.1, -0.05) is 30.5 Å². The molecule has 0 fully saturated rings. The number of halogens is 1. The molecular weight excluding hydrogens is 342 g/mol. The van der Waals surface area contributed by atoms with Gasteiger partial charge in [0.2, 0.25) is 5.91 Å². The van der Waals surface area contributed by atoms with Gasteiger partial charge in [0.1, 0.15) is 0 Å². The van der Waals surface area contributed by atoms with Crippen LogP contribution in [0.4, 0.5) is 5.69 Å². The molecule has 0 radical (unpaired) electrons. The van der Waals surface area contributed by atoms with Crippen molar-refractivity contribution in [2.75, 3.05) is 17.7 Å². The van der Waals surface area contributed by atoms with E-state index in [0.29, 0.717) is 11.4 Å². The lowest BCUT2D eigenvalue weighted by Crippen LogP contribution is -2.31. The number of carbonyl (C=O) groups is 1. The largest absolute Gasteiger partial charge is 0.315 e. The fourth-order valence-corrected chi connectivity index (χ4v) is 3.59. The second-order valence-electron chi connectivity index (χ2n) is 5.75. The average molecular weight is 362 g/mol. The van der Waals surface area contributed by atoms with Crippen LogP contribution < -0.4 is 9.62 Å². The smallest absolute Gasteiger partial charge is 0.227 e. The van der Waals surface area contributed by atoms with E-state index in [0.717, 1.165) is 46.7 Å². The maximum absolute atomic E-state index is 11.9. The first kappa shape index (κ1) is 17.3. The van der Waals surface area contributed by atoms with E-state index in [9.17, 15) is 4.79 Å². The van der Waals surface area contributed by atoms with E-state index in [-0.39, 0.29) is 5.91 Å².